The van der Waals surface area contributed by atoms with Gasteiger partial charge in [-0.05, 0) is 18.6 Å². The average molecular weight is 273 g/mol. The lowest BCUT2D eigenvalue weighted by atomic mass is 10.0. The molecular weight excluding hydrogens is 260 g/mol. The van der Waals surface area contributed by atoms with Crippen LogP contribution in [0.5, 0.6) is 5.75 Å². The molecule has 0 amide bonds. The number of hydrogen-bond acceptors (Lipinski definition) is 3. The fourth-order valence-corrected chi connectivity index (χ4v) is 2.10. The molecule has 2 aromatic rings. The van der Waals surface area contributed by atoms with Crippen molar-refractivity contribution in [3.8, 4) is 5.75 Å². The number of halogens is 1. The maximum atomic E-state index is 10.3. The van der Waals surface area contributed by atoms with Crippen molar-refractivity contribution < 1.29 is 5.11 Å². The van der Waals surface area contributed by atoms with Crippen LogP contribution in [0, 0.1) is 0 Å². The van der Waals surface area contributed by atoms with E-state index in [9.17, 15) is 5.11 Å². The zero-order valence-electron chi connectivity index (χ0n) is 10.5. The minimum Gasteiger partial charge on any atom is -0.505 e. The molecule has 0 aliphatic heterocycles. The van der Waals surface area contributed by atoms with Crippen LogP contribution in [-0.4, -0.2) is 15.1 Å². The van der Waals surface area contributed by atoms with Crippen LogP contribution in [0.1, 0.15) is 12.5 Å². The Bertz CT molecular complexity index is 690. The number of hydrogen-bond donors (Lipinski definition) is 1. The molecule has 4 heteroatoms. The van der Waals surface area contributed by atoms with Crippen molar-refractivity contribution in [2.75, 3.05) is 0 Å². The second kappa shape index (κ2) is 5.67. The Balaban J connectivity index is 2.78. The van der Waals surface area contributed by atoms with Gasteiger partial charge in [0, 0.05) is 17.1 Å². The van der Waals surface area contributed by atoms with Crippen LogP contribution in [0.4, 0.5) is 0 Å². The molecule has 1 N–H and O–H groups in total. The van der Waals surface area contributed by atoms with Gasteiger partial charge in [-0.2, -0.15) is 0 Å². The summed E-state index contributed by atoms with van der Waals surface area (Å²) in [5, 5.41) is 11.5. The molecule has 0 atom stereocenters. The molecule has 19 heavy (non-hydrogen) atoms. The van der Waals surface area contributed by atoms with Gasteiger partial charge in [0.25, 0.3) is 0 Å². The van der Waals surface area contributed by atoms with Crippen LogP contribution < -0.4 is 0 Å². The number of nitrogens with zero attached hydrogens (tertiary/aromatic N) is 2. The molecule has 0 saturated carbocycles. The highest BCUT2D eigenvalue weighted by molar-refractivity contribution is 6.35. The van der Waals surface area contributed by atoms with Crippen LogP contribution in [0.25, 0.3) is 16.5 Å². The molecule has 96 valence electrons. The van der Waals surface area contributed by atoms with Gasteiger partial charge in [-0.1, -0.05) is 42.5 Å². The molecule has 0 unspecified atom stereocenters. The van der Waals surface area contributed by atoms with E-state index in [4.69, 9.17) is 11.6 Å². The van der Waals surface area contributed by atoms with Crippen LogP contribution in [0.3, 0.4) is 0 Å². The van der Waals surface area contributed by atoms with Gasteiger partial charge < -0.3 is 5.11 Å². The molecule has 0 fully saturated rings. The summed E-state index contributed by atoms with van der Waals surface area (Å²) < 4.78 is 0. The maximum Gasteiger partial charge on any atom is 0.149 e. The summed E-state index contributed by atoms with van der Waals surface area (Å²) in [6.45, 7) is 5.57. The van der Waals surface area contributed by atoms with Gasteiger partial charge in [0.15, 0.2) is 0 Å². The normalized spacial score (nSPS) is 12.2. The molecule has 0 radical (unpaired) electrons. The first kappa shape index (κ1) is 13.3. The largest absolute Gasteiger partial charge is 0.505 e. The number of aromatic hydroxyl groups is 1. The lowest BCUT2D eigenvalue weighted by molar-refractivity contribution is 0.478. The van der Waals surface area contributed by atoms with Gasteiger partial charge in [-0.15, -0.1) is 0 Å². The summed E-state index contributed by atoms with van der Waals surface area (Å²) in [6, 6.07) is 1.71. The summed E-state index contributed by atoms with van der Waals surface area (Å²) in [4.78, 5) is 7.99. The first-order chi connectivity index (χ1) is 9.19. The molecule has 0 spiro atoms. The Morgan fingerprint density at radius 1 is 1.47 bits per heavy atom. The van der Waals surface area contributed by atoms with Gasteiger partial charge in [0.1, 0.15) is 17.6 Å². The lowest BCUT2D eigenvalue weighted by Gasteiger charge is -2.09. The minimum absolute atomic E-state index is 0.0907. The van der Waals surface area contributed by atoms with E-state index >= 15 is 0 Å². The van der Waals surface area contributed by atoms with Crippen LogP contribution in [0.15, 0.2) is 49.5 Å². The van der Waals surface area contributed by atoms with Gasteiger partial charge in [0.2, 0.25) is 0 Å². The third kappa shape index (κ3) is 2.51. The molecule has 1 heterocycles. The molecule has 3 nitrogen and oxygen atoms in total. The Kier molecular flexibility index (Phi) is 3.97. The van der Waals surface area contributed by atoms with Crippen LogP contribution >= 0.6 is 11.6 Å². The summed E-state index contributed by atoms with van der Waals surface area (Å²) in [5.74, 6) is 0.0907. The third-order valence-corrected chi connectivity index (χ3v) is 2.99. The van der Waals surface area contributed by atoms with E-state index in [1.165, 1.54) is 6.33 Å². The average Bonchev–Trinajstić information content (AvgIpc) is 2.43. The highest BCUT2D eigenvalue weighted by Crippen LogP contribution is 2.36. The molecular formula is C15H13ClN2O. The van der Waals surface area contributed by atoms with Crippen LogP contribution in [0.2, 0.25) is 5.02 Å². The first-order valence-corrected chi connectivity index (χ1v) is 6.13. The Morgan fingerprint density at radius 3 is 2.95 bits per heavy atom. The van der Waals surface area contributed by atoms with E-state index in [2.05, 4.69) is 16.5 Å². The lowest BCUT2D eigenvalue weighted by Crippen LogP contribution is -1.89. The molecule has 1 aromatic heterocycles. The van der Waals surface area contributed by atoms with E-state index in [1.54, 1.807) is 24.4 Å². The van der Waals surface area contributed by atoms with Crippen molar-refractivity contribution in [1.29, 1.82) is 0 Å². The number of phenols is 1. The monoisotopic (exact) mass is 272 g/mol. The van der Waals surface area contributed by atoms with Crippen molar-refractivity contribution in [2.24, 2.45) is 0 Å². The van der Waals surface area contributed by atoms with Crippen molar-refractivity contribution in [2.45, 2.75) is 6.92 Å². The fourth-order valence-electron chi connectivity index (χ4n) is 1.86. The van der Waals surface area contributed by atoms with Crippen molar-refractivity contribution in [3.63, 3.8) is 0 Å². The maximum absolute atomic E-state index is 10.3. The molecule has 0 saturated heterocycles. The smallest absolute Gasteiger partial charge is 0.149 e. The Labute approximate surface area is 116 Å². The molecule has 0 aliphatic rings. The predicted molar refractivity (Wildman–Crippen MR) is 79.2 cm³/mol. The van der Waals surface area contributed by atoms with E-state index < -0.39 is 0 Å². The van der Waals surface area contributed by atoms with Gasteiger partial charge in [-0.3, -0.25) is 0 Å². The number of aromatic nitrogens is 2. The Hall–Kier alpha value is -2.13. The fraction of sp³-hybridized carbons (Fsp3) is 0.0667. The number of benzene rings is 1. The van der Waals surface area contributed by atoms with Gasteiger partial charge >= 0.3 is 0 Å². The quantitative estimate of drug-likeness (QED) is 0.855. The van der Waals surface area contributed by atoms with Crippen molar-refractivity contribution in [1.82, 2.24) is 9.97 Å². The standard InChI is InChI=1S/C15H13ClN2O/c1-3-5-10(6-4-2)11-7-13(16)12-8-17-9-18-14(12)15(11)19/h3-9,19H,1H2,2H3/b6-4-,10-5+. The number of allylic oxidation sites excluding steroid dienone is 5. The first-order valence-electron chi connectivity index (χ1n) is 5.76. The summed E-state index contributed by atoms with van der Waals surface area (Å²) in [7, 11) is 0. The third-order valence-electron chi connectivity index (χ3n) is 2.67. The SMILES string of the molecule is C=C/C=C(\C=C/C)c1cc(Cl)c2cncnc2c1O. The zero-order valence-corrected chi connectivity index (χ0v) is 11.2. The highest BCUT2D eigenvalue weighted by atomic mass is 35.5. The van der Waals surface area contributed by atoms with E-state index in [0.29, 0.717) is 21.5 Å². The number of fused-ring (bicyclic) bond motifs is 1. The second-order valence-electron chi connectivity index (χ2n) is 3.90. The number of phenolic OH excluding ortho intramolecular Hbond substituents is 1. The summed E-state index contributed by atoms with van der Waals surface area (Å²) in [6.07, 6.45) is 10.2. The minimum atomic E-state index is 0.0907. The van der Waals surface area contributed by atoms with Gasteiger partial charge in [-0.25, -0.2) is 9.97 Å². The second-order valence-corrected chi connectivity index (χ2v) is 4.30. The molecule has 2 rings (SSSR count). The zero-order chi connectivity index (χ0) is 13.8. The predicted octanol–water partition coefficient (Wildman–Crippen LogP) is 4.13. The summed E-state index contributed by atoms with van der Waals surface area (Å²) in [5.41, 5.74) is 1.88. The van der Waals surface area contributed by atoms with Crippen molar-refractivity contribution >= 4 is 28.1 Å². The van der Waals surface area contributed by atoms with Crippen LogP contribution in [-0.2, 0) is 0 Å². The van der Waals surface area contributed by atoms with E-state index in [0.717, 1.165) is 5.57 Å². The van der Waals surface area contributed by atoms with E-state index in [-0.39, 0.29) is 5.75 Å². The van der Waals surface area contributed by atoms with E-state index in [1.807, 2.05) is 19.1 Å². The van der Waals surface area contributed by atoms with Crippen molar-refractivity contribution in [3.05, 3.63) is 60.1 Å². The molecule has 0 bridgehead atoms. The molecule has 0 aliphatic carbocycles. The Morgan fingerprint density at radius 2 is 2.26 bits per heavy atom. The summed E-state index contributed by atoms with van der Waals surface area (Å²) >= 11 is 6.21. The number of rotatable bonds is 3. The topological polar surface area (TPSA) is 46.0 Å². The highest BCUT2D eigenvalue weighted by Gasteiger charge is 2.13. The van der Waals surface area contributed by atoms with Gasteiger partial charge in [0.05, 0.1) is 5.02 Å². The molecule has 1 aromatic carbocycles.